The zero-order chi connectivity index (χ0) is 11.6. The van der Waals surface area contributed by atoms with Crippen molar-refractivity contribution in [3.05, 3.63) is 0 Å². The molecule has 0 heterocycles. The van der Waals surface area contributed by atoms with Gasteiger partial charge in [0.15, 0.2) is 5.96 Å². The van der Waals surface area contributed by atoms with Crippen LogP contribution in [0.4, 0.5) is 0 Å². The van der Waals surface area contributed by atoms with Crippen molar-refractivity contribution >= 4 is 29.9 Å². The highest BCUT2D eigenvalue weighted by molar-refractivity contribution is 14.0. The molecule has 0 saturated heterocycles. The summed E-state index contributed by atoms with van der Waals surface area (Å²) in [5.74, 6) is 0.588. The van der Waals surface area contributed by atoms with E-state index in [9.17, 15) is 0 Å². The molecule has 0 amide bonds. The van der Waals surface area contributed by atoms with Crippen molar-refractivity contribution in [3.8, 4) is 0 Å². The van der Waals surface area contributed by atoms with E-state index in [0.717, 1.165) is 12.8 Å². The Morgan fingerprint density at radius 1 is 1.31 bits per heavy atom. The maximum atomic E-state index is 5.56. The van der Waals surface area contributed by atoms with E-state index < -0.39 is 0 Å². The molecule has 0 spiro atoms. The number of methoxy groups -OCH3 is 1. The summed E-state index contributed by atoms with van der Waals surface area (Å²) < 4.78 is 5.56. The highest BCUT2D eigenvalue weighted by Crippen LogP contribution is 2.53. The lowest BCUT2D eigenvalue weighted by atomic mass is 9.53. The molecule has 0 aromatic rings. The third kappa shape index (κ3) is 2.30. The summed E-state index contributed by atoms with van der Waals surface area (Å²) in [6, 6.07) is 0.211. The van der Waals surface area contributed by atoms with Gasteiger partial charge in [0, 0.05) is 18.4 Å². The Hall–Kier alpha value is -0.0400. The van der Waals surface area contributed by atoms with Crippen LogP contribution < -0.4 is 11.5 Å². The summed E-state index contributed by atoms with van der Waals surface area (Å²) >= 11 is 0. The van der Waals surface area contributed by atoms with E-state index >= 15 is 0 Å². The number of ether oxygens (including phenoxy) is 1. The van der Waals surface area contributed by atoms with Crippen LogP contribution in [0.25, 0.3) is 0 Å². The van der Waals surface area contributed by atoms with E-state index in [0.29, 0.717) is 5.92 Å². The monoisotopic (exact) mass is 341 g/mol. The summed E-state index contributed by atoms with van der Waals surface area (Å²) in [6.45, 7) is 6.50. The summed E-state index contributed by atoms with van der Waals surface area (Å²) in [7, 11) is 1.77. The fraction of sp³-hybridized carbons (Fsp3) is 0.909. The van der Waals surface area contributed by atoms with Gasteiger partial charge in [-0.3, -0.25) is 0 Å². The average Bonchev–Trinajstić information content (AvgIpc) is 2.21. The largest absolute Gasteiger partial charge is 0.380 e. The van der Waals surface area contributed by atoms with Crippen molar-refractivity contribution < 1.29 is 4.74 Å². The van der Waals surface area contributed by atoms with Crippen LogP contribution in [0.3, 0.4) is 0 Å². The highest BCUT2D eigenvalue weighted by Gasteiger charge is 2.58. The first-order valence-corrected chi connectivity index (χ1v) is 5.65. The van der Waals surface area contributed by atoms with Crippen LogP contribution in [0.5, 0.6) is 0 Å². The lowest BCUT2D eigenvalue weighted by Gasteiger charge is -2.57. The lowest BCUT2D eigenvalue weighted by molar-refractivity contribution is -0.156. The van der Waals surface area contributed by atoms with Gasteiger partial charge in [-0.25, -0.2) is 4.99 Å². The second-order valence-electron chi connectivity index (χ2n) is 4.45. The predicted molar refractivity (Wildman–Crippen MR) is 78.0 cm³/mol. The Bertz CT molecular complexity index is 250. The fourth-order valence-electron chi connectivity index (χ4n) is 3.19. The number of halogens is 1. The van der Waals surface area contributed by atoms with Gasteiger partial charge in [-0.15, -0.1) is 24.0 Å². The highest BCUT2D eigenvalue weighted by atomic mass is 127. The van der Waals surface area contributed by atoms with Gasteiger partial charge in [0.05, 0.1) is 12.1 Å². The predicted octanol–water partition coefficient (Wildman–Crippen LogP) is 1.72. The zero-order valence-corrected chi connectivity index (χ0v) is 12.9. The van der Waals surface area contributed by atoms with Crippen molar-refractivity contribution in [3.63, 3.8) is 0 Å². The summed E-state index contributed by atoms with van der Waals surface area (Å²) in [5, 5.41) is 0. The van der Waals surface area contributed by atoms with Gasteiger partial charge < -0.3 is 16.2 Å². The molecule has 96 valence electrons. The third-order valence-electron chi connectivity index (χ3n) is 3.99. The number of nitrogens with two attached hydrogens (primary N) is 2. The normalized spacial score (nSPS) is 31.1. The first kappa shape index (κ1) is 16.0. The molecule has 16 heavy (non-hydrogen) atoms. The Morgan fingerprint density at radius 3 is 2.12 bits per heavy atom. The van der Waals surface area contributed by atoms with Gasteiger partial charge in [0.1, 0.15) is 0 Å². The second kappa shape index (κ2) is 6.05. The summed E-state index contributed by atoms with van der Waals surface area (Å²) in [6.07, 6.45) is 2.38. The molecule has 1 fully saturated rings. The maximum Gasteiger partial charge on any atom is 0.186 e. The maximum absolute atomic E-state index is 5.56. The molecule has 3 unspecified atom stereocenters. The number of nitrogens with zero attached hydrogens (tertiary/aromatic N) is 1. The standard InChI is InChI=1S/C11H23N3O.HI/c1-5-11(6-2)8(14-10(12)13)7(3)9(11)15-4;/h7-9H,5-6H2,1-4H3,(H4,12,13,14);1H. The van der Waals surface area contributed by atoms with E-state index in [-0.39, 0.29) is 47.5 Å². The lowest BCUT2D eigenvalue weighted by Crippen LogP contribution is -2.63. The minimum atomic E-state index is 0. The van der Waals surface area contributed by atoms with Gasteiger partial charge in [-0.05, 0) is 12.8 Å². The van der Waals surface area contributed by atoms with Gasteiger partial charge in [-0.2, -0.15) is 0 Å². The minimum absolute atomic E-state index is 0. The molecule has 0 bridgehead atoms. The molecule has 0 aromatic heterocycles. The summed E-state index contributed by atoms with van der Waals surface area (Å²) in [5.41, 5.74) is 11.1. The van der Waals surface area contributed by atoms with Crippen molar-refractivity contribution in [2.75, 3.05) is 7.11 Å². The Kier molecular flexibility index (Phi) is 6.03. The topological polar surface area (TPSA) is 73.6 Å². The van der Waals surface area contributed by atoms with Crippen LogP contribution in [-0.4, -0.2) is 25.2 Å². The quantitative estimate of drug-likeness (QED) is 0.465. The van der Waals surface area contributed by atoms with Gasteiger partial charge in [0.25, 0.3) is 0 Å². The van der Waals surface area contributed by atoms with Crippen molar-refractivity contribution in [2.24, 2.45) is 27.8 Å². The SMILES string of the molecule is CCC1(CC)C(N=C(N)N)C(C)C1OC.I. The number of guanidine groups is 1. The molecule has 1 rings (SSSR count). The molecule has 0 radical (unpaired) electrons. The molecule has 4 nitrogen and oxygen atoms in total. The number of rotatable bonds is 4. The second-order valence-corrected chi connectivity index (χ2v) is 4.45. The van der Waals surface area contributed by atoms with Crippen molar-refractivity contribution in [1.29, 1.82) is 0 Å². The van der Waals surface area contributed by atoms with Crippen LogP contribution in [0.1, 0.15) is 33.6 Å². The molecule has 4 N–H and O–H groups in total. The first-order valence-electron chi connectivity index (χ1n) is 5.65. The molecule has 3 atom stereocenters. The average molecular weight is 341 g/mol. The Labute approximate surface area is 115 Å². The number of hydrogen-bond acceptors (Lipinski definition) is 2. The minimum Gasteiger partial charge on any atom is -0.380 e. The van der Waals surface area contributed by atoms with E-state index in [1.165, 1.54) is 0 Å². The van der Waals surface area contributed by atoms with E-state index in [4.69, 9.17) is 16.2 Å². The van der Waals surface area contributed by atoms with Crippen molar-refractivity contribution in [2.45, 2.75) is 45.8 Å². The van der Waals surface area contributed by atoms with Gasteiger partial charge in [0.2, 0.25) is 0 Å². The fourth-order valence-corrected chi connectivity index (χ4v) is 3.19. The third-order valence-corrected chi connectivity index (χ3v) is 3.99. The number of hydrogen-bond donors (Lipinski definition) is 2. The molecule has 0 aliphatic heterocycles. The molecule has 1 aliphatic carbocycles. The summed E-state index contributed by atoms with van der Waals surface area (Å²) in [4.78, 5) is 4.35. The molecular formula is C11H24IN3O. The van der Waals surface area contributed by atoms with E-state index in [1.807, 2.05) is 0 Å². The molecule has 5 heteroatoms. The molecule has 1 saturated carbocycles. The van der Waals surface area contributed by atoms with Crippen LogP contribution in [-0.2, 0) is 4.74 Å². The van der Waals surface area contributed by atoms with Gasteiger partial charge in [-0.1, -0.05) is 20.8 Å². The van der Waals surface area contributed by atoms with Crippen LogP contribution >= 0.6 is 24.0 Å². The van der Waals surface area contributed by atoms with E-state index in [2.05, 4.69) is 25.8 Å². The Balaban J connectivity index is 0.00000225. The molecule has 1 aliphatic rings. The number of aliphatic imine (C=N–C) groups is 1. The zero-order valence-electron chi connectivity index (χ0n) is 10.6. The van der Waals surface area contributed by atoms with Gasteiger partial charge >= 0.3 is 0 Å². The Morgan fingerprint density at radius 2 is 1.81 bits per heavy atom. The molecule has 0 aromatic carbocycles. The van der Waals surface area contributed by atoms with Crippen LogP contribution in [0.2, 0.25) is 0 Å². The molecular weight excluding hydrogens is 317 g/mol. The smallest absolute Gasteiger partial charge is 0.186 e. The van der Waals surface area contributed by atoms with Crippen LogP contribution in [0.15, 0.2) is 4.99 Å². The van der Waals surface area contributed by atoms with E-state index in [1.54, 1.807) is 7.11 Å². The first-order chi connectivity index (χ1) is 7.03. The van der Waals surface area contributed by atoms with Crippen LogP contribution in [0, 0.1) is 11.3 Å². The van der Waals surface area contributed by atoms with Crippen molar-refractivity contribution in [1.82, 2.24) is 0 Å².